The first kappa shape index (κ1) is 15.1. The largest absolute Gasteiger partial charge is 0.479 e. The van der Waals surface area contributed by atoms with Gasteiger partial charge in [-0.2, -0.15) is 0 Å². The molecular formula is C18H18N2O3. The van der Waals surface area contributed by atoms with Crippen molar-refractivity contribution in [3.63, 3.8) is 0 Å². The lowest BCUT2D eigenvalue weighted by Crippen LogP contribution is -2.34. The Morgan fingerprint density at radius 2 is 1.91 bits per heavy atom. The molecule has 23 heavy (non-hydrogen) atoms. The summed E-state index contributed by atoms with van der Waals surface area (Å²) >= 11 is 0. The first-order valence-electron chi connectivity index (χ1n) is 7.44. The van der Waals surface area contributed by atoms with E-state index in [0.717, 1.165) is 11.1 Å². The standard InChI is InChI=1S/C18H18N2O3/c1-10-4-5-13(8-11(10)2)18(22)19-14-6-7-16-15(9-14)20-17(21)12(3)23-16/h4-9,12H,1-3H3,(H,19,22)(H,20,21). The molecule has 1 heterocycles. The van der Waals surface area contributed by atoms with E-state index in [4.69, 9.17) is 4.74 Å². The number of rotatable bonds is 2. The third kappa shape index (κ3) is 3.04. The monoisotopic (exact) mass is 310 g/mol. The zero-order chi connectivity index (χ0) is 16.6. The van der Waals surface area contributed by atoms with Crippen LogP contribution < -0.4 is 15.4 Å². The minimum absolute atomic E-state index is 0.190. The second kappa shape index (κ2) is 5.76. The molecule has 5 nitrogen and oxygen atoms in total. The minimum Gasteiger partial charge on any atom is -0.479 e. The first-order valence-corrected chi connectivity index (χ1v) is 7.44. The van der Waals surface area contributed by atoms with Crippen LogP contribution in [0.1, 0.15) is 28.4 Å². The van der Waals surface area contributed by atoms with E-state index in [-0.39, 0.29) is 11.8 Å². The summed E-state index contributed by atoms with van der Waals surface area (Å²) < 4.78 is 5.49. The lowest BCUT2D eigenvalue weighted by Gasteiger charge is -2.23. The zero-order valence-corrected chi connectivity index (χ0v) is 13.3. The Hall–Kier alpha value is -2.82. The lowest BCUT2D eigenvalue weighted by atomic mass is 10.1. The Labute approximate surface area is 134 Å². The molecule has 1 atom stereocenters. The number of amides is 2. The maximum atomic E-state index is 12.3. The fourth-order valence-electron chi connectivity index (χ4n) is 2.37. The Bertz CT molecular complexity index is 799. The molecule has 0 radical (unpaired) electrons. The average molecular weight is 310 g/mol. The predicted octanol–water partition coefficient (Wildman–Crippen LogP) is 3.28. The van der Waals surface area contributed by atoms with Crippen LogP contribution in [0, 0.1) is 13.8 Å². The van der Waals surface area contributed by atoms with Crippen LogP contribution in [0.25, 0.3) is 0 Å². The fourth-order valence-corrected chi connectivity index (χ4v) is 2.37. The molecule has 2 N–H and O–H groups in total. The van der Waals surface area contributed by atoms with Gasteiger partial charge in [0.2, 0.25) is 0 Å². The first-order chi connectivity index (χ1) is 10.9. The molecule has 0 bridgehead atoms. The molecule has 0 saturated carbocycles. The van der Waals surface area contributed by atoms with Crippen molar-refractivity contribution >= 4 is 23.2 Å². The highest BCUT2D eigenvalue weighted by Gasteiger charge is 2.23. The summed E-state index contributed by atoms with van der Waals surface area (Å²) in [5.74, 6) is 0.209. The summed E-state index contributed by atoms with van der Waals surface area (Å²) in [6, 6.07) is 10.8. The normalized spacial score (nSPS) is 16.1. The van der Waals surface area contributed by atoms with Crippen LogP contribution in [-0.4, -0.2) is 17.9 Å². The van der Waals surface area contributed by atoms with E-state index >= 15 is 0 Å². The molecule has 118 valence electrons. The van der Waals surface area contributed by atoms with Crippen LogP contribution in [0.4, 0.5) is 11.4 Å². The molecule has 0 saturated heterocycles. The molecule has 5 heteroatoms. The van der Waals surface area contributed by atoms with Gasteiger partial charge in [0.15, 0.2) is 6.10 Å². The number of ether oxygens (including phenoxy) is 1. The molecule has 0 aromatic heterocycles. The van der Waals surface area contributed by atoms with E-state index < -0.39 is 6.10 Å². The Kier molecular flexibility index (Phi) is 3.78. The van der Waals surface area contributed by atoms with Crippen molar-refractivity contribution in [1.82, 2.24) is 0 Å². The van der Waals surface area contributed by atoms with Gasteiger partial charge in [-0.25, -0.2) is 0 Å². The van der Waals surface area contributed by atoms with Crippen molar-refractivity contribution in [2.75, 3.05) is 10.6 Å². The smallest absolute Gasteiger partial charge is 0.265 e. The molecule has 2 aromatic carbocycles. The third-order valence-electron chi connectivity index (χ3n) is 3.94. The number of hydrogen-bond acceptors (Lipinski definition) is 3. The number of benzene rings is 2. The molecule has 0 aliphatic carbocycles. The number of hydrogen-bond donors (Lipinski definition) is 2. The van der Waals surface area contributed by atoms with Gasteiger partial charge in [-0.1, -0.05) is 6.07 Å². The molecule has 2 aromatic rings. The Morgan fingerprint density at radius 3 is 2.65 bits per heavy atom. The highest BCUT2D eigenvalue weighted by molar-refractivity contribution is 6.05. The highest BCUT2D eigenvalue weighted by atomic mass is 16.5. The quantitative estimate of drug-likeness (QED) is 0.894. The van der Waals surface area contributed by atoms with Gasteiger partial charge in [-0.05, 0) is 62.2 Å². The van der Waals surface area contributed by atoms with Gasteiger partial charge in [0.1, 0.15) is 5.75 Å². The van der Waals surface area contributed by atoms with E-state index in [1.807, 2.05) is 26.0 Å². The molecule has 3 rings (SSSR count). The molecule has 1 unspecified atom stereocenters. The summed E-state index contributed by atoms with van der Waals surface area (Å²) in [5.41, 5.74) is 3.97. The molecule has 1 aliphatic heterocycles. The second-order valence-electron chi connectivity index (χ2n) is 5.71. The minimum atomic E-state index is -0.515. The zero-order valence-electron chi connectivity index (χ0n) is 13.3. The van der Waals surface area contributed by atoms with Crippen LogP contribution in [0.5, 0.6) is 5.75 Å². The number of carbonyl (C=O) groups excluding carboxylic acids is 2. The van der Waals surface area contributed by atoms with Gasteiger partial charge in [-0.3, -0.25) is 9.59 Å². The van der Waals surface area contributed by atoms with Crippen LogP contribution in [0.15, 0.2) is 36.4 Å². The number of nitrogens with one attached hydrogen (secondary N) is 2. The summed E-state index contributed by atoms with van der Waals surface area (Å²) in [4.78, 5) is 24.0. The molecule has 0 spiro atoms. The molecule has 1 aliphatic rings. The molecule has 2 amide bonds. The van der Waals surface area contributed by atoms with Gasteiger partial charge in [0.25, 0.3) is 11.8 Å². The molecular weight excluding hydrogens is 292 g/mol. The van der Waals surface area contributed by atoms with Gasteiger partial charge >= 0.3 is 0 Å². The summed E-state index contributed by atoms with van der Waals surface area (Å²) in [7, 11) is 0. The lowest BCUT2D eigenvalue weighted by molar-refractivity contribution is -0.122. The van der Waals surface area contributed by atoms with Gasteiger partial charge in [0, 0.05) is 11.3 Å². The maximum absolute atomic E-state index is 12.3. The maximum Gasteiger partial charge on any atom is 0.265 e. The summed E-state index contributed by atoms with van der Waals surface area (Å²) in [5, 5.41) is 5.60. The third-order valence-corrected chi connectivity index (χ3v) is 3.94. The van der Waals surface area contributed by atoms with E-state index in [1.165, 1.54) is 0 Å². The van der Waals surface area contributed by atoms with Crippen molar-refractivity contribution in [2.24, 2.45) is 0 Å². The van der Waals surface area contributed by atoms with Gasteiger partial charge in [-0.15, -0.1) is 0 Å². The number of aryl methyl sites for hydroxylation is 2. The number of fused-ring (bicyclic) bond motifs is 1. The van der Waals surface area contributed by atoms with Crippen LogP contribution in [-0.2, 0) is 4.79 Å². The van der Waals surface area contributed by atoms with Crippen LogP contribution in [0.3, 0.4) is 0 Å². The predicted molar refractivity (Wildman–Crippen MR) is 89.0 cm³/mol. The highest BCUT2D eigenvalue weighted by Crippen LogP contribution is 2.32. The number of anilines is 2. The van der Waals surface area contributed by atoms with Crippen molar-refractivity contribution in [2.45, 2.75) is 26.9 Å². The van der Waals surface area contributed by atoms with Crippen molar-refractivity contribution < 1.29 is 14.3 Å². The van der Waals surface area contributed by atoms with Gasteiger partial charge < -0.3 is 15.4 Å². The topological polar surface area (TPSA) is 67.4 Å². The van der Waals surface area contributed by atoms with Crippen molar-refractivity contribution in [3.8, 4) is 5.75 Å². The van der Waals surface area contributed by atoms with Crippen molar-refractivity contribution in [3.05, 3.63) is 53.1 Å². The summed E-state index contributed by atoms with van der Waals surface area (Å²) in [6.07, 6.45) is -0.515. The van der Waals surface area contributed by atoms with Crippen LogP contribution >= 0.6 is 0 Å². The Morgan fingerprint density at radius 1 is 1.13 bits per heavy atom. The van der Waals surface area contributed by atoms with E-state index in [0.29, 0.717) is 22.7 Å². The average Bonchev–Trinajstić information content (AvgIpc) is 2.51. The van der Waals surface area contributed by atoms with Gasteiger partial charge in [0.05, 0.1) is 5.69 Å². The summed E-state index contributed by atoms with van der Waals surface area (Å²) in [6.45, 7) is 5.66. The van der Waals surface area contributed by atoms with Crippen molar-refractivity contribution in [1.29, 1.82) is 0 Å². The van der Waals surface area contributed by atoms with Crippen LogP contribution in [0.2, 0.25) is 0 Å². The fraction of sp³-hybridized carbons (Fsp3) is 0.222. The molecule has 0 fully saturated rings. The van der Waals surface area contributed by atoms with E-state index in [2.05, 4.69) is 10.6 Å². The second-order valence-corrected chi connectivity index (χ2v) is 5.71. The van der Waals surface area contributed by atoms with E-state index in [1.54, 1.807) is 31.2 Å². The number of carbonyl (C=O) groups is 2. The Balaban J connectivity index is 1.80. The SMILES string of the molecule is Cc1ccc(C(=O)Nc2ccc3c(c2)NC(=O)C(C)O3)cc1C. The van der Waals surface area contributed by atoms with E-state index in [9.17, 15) is 9.59 Å².